The summed E-state index contributed by atoms with van der Waals surface area (Å²) < 4.78 is 13.0. The molecule has 3 heterocycles. The lowest BCUT2D eigenvalue weighted by molar-refractivity contribution is -0.127. The zero-order valence-electron chi connectivity index (χ0n) is 22.8. The number of carbonyl (C=O) groups is 2. The van der Waals surface area contributed by atoms with Crippen LogP contribution in [0.15, 0.2) is 63.5 Å². The van der Waals surface area contributed by atoms with Crippen molar-refractivity contribution in [3.05, 3.63) is 84.5 Å². The van der Waals surface area contributed by atoms with Gasteiger partial charge in [-0.25, -0.2) is 4.99 Å². The van der Waals surface area contributed by atoms with Crippen LogP contribution in [0, 0.1) is 0 Å². The summed E-state index contributed by atoms with van der Waals surface area (Å²) in [6.07, 6.45) is 0. The number of rotatable bonds is 6. The van der Waals surface area contributed by atoms with Crippen molar-refractivity contribution in [1.29, 1.82) is 0 Å². The van der Waals surface area contributed by atoms with Crippen molar-refractivity contribution in [3.8, 4) is 11.5 Å². The van der Waals surface area contributed by atoms with Crippen LogP contribution in [0.5, 0.6) is 11.5 Å². The first-order chi connectivity index (χ1) is 18.8. The van der Waals surface area contributed by atoms with Crippen LogP contribution in [0.1, 0.15) is 37.9 Å². The molecule has 0 aliphatic carbocycles. The summed E-state index contributed by atoms with van der Waals surface area (Å²) in [7, 11) is 4.80. The Morgan fingerprint density at radius 2 is 1.79 bits per heavy atom. The van der Waals surface area contributed by atoms with Crippen LogP contribution >= 0.6 is 11.3 Å². The molecule has 1 aromatic heterocycles. The third kappa shape index (κ3) is 4.06. The molecule has 2 aliphatic heterocycles. The largest absolute Gasteiger partial charge is 0.497 e. The molecule has 9 nitrogen and oxygen atoms in total. The van der Waals surface area contributed by atoms with Crippen LogP contribution in [-0.2, 0) is 9.59 Å². The summed E-state index contributed by atoms with van der Waals surface area (Å²) in [4.78, 5) is 50.0. The van der Waals surface area contributed by atoms with E-state index in [1.54, 1.807) is 56.2 Å². The van der Waals surface area contributed by atoms with Crippen LogP contribution in [0.25, 0.3) is 5.57 Å². The Balaban J connectivity index is 1.87. The van der Waals surface area contributed by atoms with Crippen LogP contribution < -0.4 is 29.3 Å². The van der Waals surface area contributed by atoms with E-state index in [4.69, 9.17) is 14.5 Å². The average Bonchev–Trinajstić information content (AvgIpc) is 3.39. The molecule has 2 aliphatic rings. The molecule has 0 radical (unpaired) electrons. The first-order valence-corrected chi connectivity index (χ1v) is 13.5. The first kappa shape index (κ1) is 26.4. The number of anilines is 1. The lowest BCUT2D eigenvalue weighted by Crippen LogP contribution is -2.43. The number of hydrogen-bond acceptors (Lipinski definition) is 7. The fraction of sp³-hybridized carbons (Fsp3) is 0.310. The molecule has 10 heteroatoms. The number of para-hydroxylation sites is 1. The Hall–Kier alpha value is -4.18. The number of methoxy groups -OCH3 is 2. The van der Waals surface area contributed by atoms with E-state index in [1.165, 1.54) is 4.57 Å². The molecule has 5 rings (SSSR count). The monoisotopic (exact) mass is 546 g/mol. The molecule has 0 unspecified atom stereocenters. The van der Waals surface area contributed by atoms with E-state index in [0.717, 1.165) is 17.0 Å². The summed E-state index contributed by atoms with van der Waals surface area (Å²) in [5.41, 5.74) is 2.86. The summed E-state index contributed by atoms with van der Waals surface area (Å²) in [6.45, 7) is 6.60. The van der Waals surface area contributed by atoms with Crippen molar-refractivity contribution in [1.82, 2.24) is 9.47 Å². The standard InChI is InChI=1S/C29H30N4O5S/c1-7-32(8-2)27(35)22-16(3)30-29-33(24(22)19-15-17(37-5)13-14-21(19)38-6)28(36)25(39-29)23-18-11-9-10-12-20(18)31(4)26(23)34/h9-15,24H,7-8H2,1-6H3/b25-23+/t24-/m0/s1. The summed E-state index contributed by atoms with van der Waals surface area (Å²) in [5.74, 6) is 0.588. The van der Waals surface area contributed by atoms with E-state index in [-0.39, 0.29) is 21.9 Å². The second-order valence-corrected chi connectivity index (χ2v) is 10.2. The van der Waals surface area contributed by atoms with E-state index in [1.807, 2.05) is 38.1 Å². The van der Waals surface area contributed by atoms with Gasteiger partial charge in [-0.2, -0.15) is 0 Å². The second kappa shape index (κ2) is 10.2. The van der Waals surface area contributed by atoms with Crippen molar-refractivity contribution >= 4 is 34.4 Å². The van der Waals surface area contributed by atoms with Gasteiger partial charge < -0.3 is 19.3 Å². The molecular formula is C29H30N4O5S. The lowest BCUT2D eigenvalue weighted by atomic mass is 9.93. The Morgan fingerprint density at radius 3 is 2.46 bits per heavy atom. The molecule has 2 aromatic carbocycles. The number of benzene rings is 2. The highest BCUT2D eigenvalue weighted by Gasteiger charge is 2.38. The topological polar surface area (TPSA) is 93.4 Å². The number of fused-ring (bicyclic) bond motifs is 2. The van der Waals surface area contributed by atoms with Crippen molar-refractivity contribution in [2.24, 2.45) is 4.99 Å². The van der Waals surface area contributed by atoms with Gasteiger partial charge in [0.25, 0.3) is 17.4 Å². The minimum absolute atomic E-state index is 0.212. The number of nitrogens with zero attached hydrogens (tertiary/aromatic N) is 4. The lowest BCUT2D eigenvalue weighted by Gasteiger charge is -2.30. The molecule has 202 valence electrons. The molecule has 2 amide bonds. The zero-order chi connectivity index (χ0) is 28.0. The Bertz CT molecular complexity index is 1710. The Kier molecular flexibility index (Phi) is 6.90. The summed E-state index contributed by atoms with van der Waals surface area (Å²) in [5, 5.41) is 0. The first-order valence-electron chi connectivity index (χ1n) is 12.7. The minimum Gasteiger partial charge on any atom is -0.497 e. The summed E-state index contributed by atoms with van der Waals surface area (Å²) >= 11 is 1.16. The fourth-order valence-corrected chi connectivity index (χ4v) is 6.40. The predicted molar refractivity (Wildman–Crippen MR) is 150 cm³/mol. The number of carbonyl (C=O) groups excluding carboxylic acids is 2. The zero-order valence-corrected chi connectivity index (χ0v) is 23.6. The van der Waals surface area contributed by atoms with Gasteiger partial charge in [-0.05, 0) is 45.0 Å². The van der Waals surface area contributed by atoms with Crippen LogP contribution in [0.3, 0.4) is 0 Å². The van der Waals surface area contributed by atoms with E-state index in [9.17, 15) is 14.4 Å². The highest BCUT2D eigenvalue weighted by molar-refractivity contribution is 7.07. The number of amides is 2. The number of hydrogen-bond donors (Lipinski definition) is 0. The van der Waals surface area contributed by atoms with E-state index in [2.05, 4.69) is 0 Å². The number of ether oxygens (including phenoxy) is 2. The third-order valence-corrected chi connectivity index (χ3v) is 8.34. The SMILES string of the molecule is CCN(CC)C(=O)C1=C(C)N=c2s/c(=C3/C(=O)N(C)c4ccccc43)c(=O)n2[C@H]1c1cc(OC)ccc1OC. The number of aromatic nitrogens is 1. The van der Waals surface area contributed by atoms with Gasteiger partial charge in [0, 0.05) is 31.3 Å². The van der Waals surface area contributed by atoms with Crippen LogP contribution in [0.4, 0.5) is 5.69 Å². The molecule has 0 bridgehead atoms. The number of likely N-dealkylation sites (N-methyl/N-ethyl adjacent to an activating group) is 2. The second-order valence-electron chi connectivity index (χ2n) is 9.24. The van der Waals surface area contributed by atoms with Gasteiger partial charge in [0.2, 0.25) is 0 Å². The van der Waals surface area contributed by atoms with Gasteiger partial charge in [-0.3, -0.25) is 19.0 Å². The molecule has 0 N–H and O–H groups in total. The maximum absolute atomic E-state index is 14.3. The maximum atomic E-state index is 14.3. The quantitative estimate of drug-likeness (QED) is 0.474. The molecule has 0 saturated carbocycles. The van der Waals surface area contributed by atoms with Crippen LogP contribution in [0.2, 0.25) is 0 Å². The molecule has 0 spiro atoms. The summed E-state index contributed by atoms with van der Waals surface area (Å²) in [6, 6.07) is 11.9. The fourth-order valence-electron chi connectivity index (χ4n) is 5.26. The van der Waals surface area contributed by atoms with Gasteiger partial charge >= 0.3 is 0 Å². The molecule has 1 atom stereocenters. The number of allylic oxidation sites excluding steroid dienone is 1. The van der Waals surface area contributed by atoms with E-state index in [0.29, 0.717) is 57.4 Å². The van der Waals surface area contributed by atoms with Gasteiger partial charge in [0.05, 0.1) is 36.8 Å². The van der Waals surface area contributed by atoms with E-state index < -0.39 is 6.04 Å². The smallest absolute Gasteiger partial charge is 0.271 e. The van der Waals surface area contributed by atoms with Gasteiger partial charge in [-0.1, -0.05) is 29.5 Å². The van der Waals surface area contributed by atoms with Crippen molar-refractivity contribution in [2.75, 3.05) is 39.3 Å². The highest BCUT2D eigenvalue weighted by atomic mass is 32.1. The molecular weight excluding hydrogens is 516 g/mol. The van der Waals surface area contributed by atoms with Crippen molar-refractivity contribution in [2.45, 2.75) is 26.8 Å². The molecule has 0 fully saturated rings. The maximum Gasteiger partial charge on any atom is 0.271 e. The van der Waals surface area contributed by atoms with Gasteiger partial charge in [0.1, 0.15) is 22.1 Å². The predicted octanol–water partition coefficient (Wildman–Crippen LogP) is 2.47. The van der Waals surface area contributed by atoms with Crippen molar-refractivity contribution < 1.29 is 19.1 Å². The molecule has 0 saturated heterocycles. The van der Waals surface area contributed by atoms with Crippen molar-refractivity contribution in [3.63, 3.8) is 0 Å². The third-order valence-electron chi connectivity index (χ3n) is 7.29. The highest BCUT2D eigenvalue weighted by Crippen LogP contribution is 2.38. The van der Waals surface area contributed by atoms with Gasteiger partial charge in [-0.15, -0.1) is 0 Å². The van der Waals surface area contributed by atoms with Gasteiger partial charge in [0.15, 0.2) is 4.80 Å². The van der Waals surface area contributed by atoms with Crippen LogP contribution in [-0.4, -0.2) is 55.6 Å². The Morgan fingerprint density at radius 1 is 1.08 bits per heavy atom. The Labute approximate surface area is 229 Å². The van der Waals surface area contributed by atoms with E-state index >= 15 is 0 Å². The molecule has 39 heavy (non-hydrogen) atoms. The normalized spacial score (nSPS) is 17.5. The molecule has 3 aromatic rings. The average molecular weight is 547 g/mol. The number of thiazole rings is 1. The minimum atomic E-state index is -0.835.